The Kier molecular flexibility index (Phi) is 4.20. The molecule has 110 valence electrons. The molecule has 1 N–H and O–H groups in total. The van der Waals surface area contributed by atoms with Crippen molar-refractivity contribution >= 4 is 17.3 Å². The SMILES string of the molecule is Cc1ccc(Cl)cc1NC1CCOC2(CCOCC2)C1. The van der Waals surface area contributed by atoms with Gasteiger partial charge in [-0.05, 0) is 50.3 Å². The van der Waals surface area contributed by atoms with E-state index >= 15 is 0 Å². The number of hydrogen-bond donors (Lipinski definition) is 1. The fraction of sp³-hybridized carbons (Fsp3) is 0.625. The van der Waals surface area contributed by atoms with Gasteiger partial charge in [0, 0.05) is 36.6 Å². The predicted octanol–water partition coefficient (Wildman–Crippen LogP) is 3.79. The van der Waals surface area contributed by atoms with E-state index in [1.54, 1.807) is 0 Å². The van der Waals surface area contributed by atoms with Gasteiger partial charge in [-0.25, -0.2) is 0 Å². The van der Waals surface area contributed by atoms with Crippen LogP contribution >= 0.6 is 11.6 Å². The van der Waals surface area contributed by atoms with Crippen molar-refractivity contribution < 1.29 is 9.47 Å². The number of ether oxygens (including phenoxy) is 2. The van der Waals surface area contributed by atoms with Crippen LogP contribution in [0.2, 0.25) is 5.02 Å². The molecule has 0 aliphatic carbocycles. The molecule has 1 unspecified atom stereocenters. The third kappa shape index (κ3) is 3.11. The average molecular weight is 296 g/mol. The van der Waals surface area contributed by atoms with Crippen LogP contribution in [0.5, 0.6) is 0 Å². The molecule has 2 aliphatic heterocycles. The van der Waals surface area contributed by atoms with E-state index in [2.05, 4.69) is 18.3 Å². The van der Waals surface area contributed by atoms with Gasteiger partial charge >= 0.3 is 0 Å². The fourth-order valence-corrected chi connectivity index (χ4v) is 3.38. The maximum Gasteiger partial charge on any atom is 0.0745 e. The van der Waals surface area contributed by atoms with Gasteiger partial charge in [-0.3, -0.25) is 0 Å². The van der Waals surface area contributed by atoms with Crippen LogP contribution in [0, 0.1) is 6.92 Å². The van der Waals surface area contributed by atoms with Crippen molar-refractivity contribution in [2.75, 3.05) is 25.1 Å². The molecule has 1 aromatic rings. The summed E-state index contributed by atoms with van der Waals surface area (Å²) < 4.78 is 11.5. The standard InChI is InChI=1S/C16H22ClNO2/c1-12-2-3-13(17)10-15(12)18-14-4-7-20-16(11-14)5-8-19-9-6-16/h2-3,10,14,18H,4-9,11H2,1H3. The van der Waals surface area contributed by atoms with Crippen LogP contribution < -0.4 is 5.32 Å². The summed E-state index contributed by atoms with van der Waals surface area (Å²) in [6, 6.07) is 6.47. The van der Waals surface area contributed by atoms with E-state index in [1.807, 2.05) is 12.1 Å². The molecule has 2 saturated heterocycles. The third-order valence-electron chi connectivity index (χ3n) is 4.46. The second-order valence-electron chi connectivity index (χ2n) is 5.94. The highest BCUT2D eigenvalue weighted by Gasteiger charge is 2.39. The Labute approximate surface area is 125 Å². The van der Waals surface area contributed by atoms with Crippen LogP contribution in [-0.4, -0.2) is 31.5 Å². The topological polar surface area (TPSA) is 30.5 Å². The maximum absolute atomic E-state index is 6.10. The van der Waals surface area contributed by atoms with E-state index in [1.165, 1.54) is 5.56 Å². The summed E-state index contributed by atoms with van der Waals surface area (Å²) in [6.45, 7) is 4.59. The number of anilines is 1. The Morgan fingerprint density at radius 1 is 1.25 bits per heavy atom. The lowest BCUT2D eigenvalue weighted by Gasteiger charge is -2.43. The van der Waals surface area contributed by atoms with E-state index in [0.717, 1.165) is 56.2 Å². The molecule has 1 atom stereocenters. The Hall–Kier alpha value is -0.770. The minimum Gasteiger partial charge on any atom is -0.382 e. The summed E-state index contributed by atoms with van der Waals surface area (Å²) in [7, 11) is 0. The number of halogens is 1. The predicted molar refractivity (Wildman–Crippen MR) is 81.6 cm³/mol. The van der Waals surface area contributed by atoms with Crippen molar-refractivity contribution in [2.45, 2.75) is 44.2 Å². The smallest absolute Gasteiger partial charge is 0.0745 e. The molecule has 2 heterocycles. The zero-order valence-corrected chi connectivity index (χ0v) is 12.7. The molecule has 0 bridgehead atoms. The lowest BCUT2D eigenvalue weighted by molar-refractivity contribution is -0.135. The van der Waals surface area contributed by atoms with Crippen LogP contribution in [0.25, 0.3) is 0 Å². The van der Waals surface area contributed by atoms with Crippen molar-refractivity contribution in [3.63, 3.8) is 0 Å². The summed E-state index contributed by atoms with van der Waals surface area (Å²) in [5.74, 6) is 0. The van der Waals surface area contributed by atoms with E-state index in [-0.39, 0.29) is 5.60 Å². The number of benzene rings is 1. The first kappa shape index (κ1) is 14.2. The highest BCUT2D eigenvalue weighted by Crippen LogP contribution is 2.35. The Bertz CT molecular complexity index is 466. The Balaban J connectivity index is 1.69. The second-order valence-corrected chi connectivity index (χ2v) is 6.37. The molecule has 2 aliphatic rings. The van der Waals surface area contributed by atoms with Gasteiger partial charge in [0.2, 0.25) is 0 Å². The molecular formula is C16H22ClNO2. The van der Waals surface area contributed by atoms with Crippen LogP contribution in [0.15, 0.2) is 18.2 Å². The monoisotopic (exact) mass is 295 g/mol. The van der Waals surface area contributed by atoms with Crippen LogP contribution in [0.4, 0.5) is 5.69 Å². The molecule has 4 heteroatoms. The quantitative estimate of drug-likeness (QED) is 0.900. The third-order valence-corrected chi connectivity index (χ3v) is 4.69. The molecule has 0 amide bonds. The van der Waals surface area contributed by atoms with Gasteiger partial charge in [-0.15, -0.1) is 0 Å². The van der Waals surface area contributed by atoms with Gasteiger partial charge in [-0.2, -0.15) is 0 Å². The van der Waals surface area contributed by atoms with Gasteiger partial charge in [0.05, 0.1) is 5.60 Å². The highest BCUT2D eigenvalue weighted by atomic mass is 35.5. The van der Waals surface area contributed by atoms with Crippen LogP contribution in [-0.2, 0) is 9.47 Å². The summed E-state index contributed by atoms with van der Waals surface area (Å²) in [4.78, 5) is 0. The molecule has 0 aromatic heterocycles. The number of nitrogens with one attached hydrogen (secondary N) is 1. The molecule has 20 heavy (non-hydrogen) atoms. The number of hydrogen-bond acceptors (Lipinski definition) is 3. The zero-order valence-electron chi connectivity index (χ0n) is 12.0. The fourth-order valence-electron chi connectivity index (χ4n) is 3.21. The summed E-state index contributed by atoms with van der Waals surface area (Å²) in [5, 5.41) is 4.44. The Morgan fingerprint density at radius 3 is 2.85 bits per heavy atom. The molecule has 1 spiro atoms. The minimum absolute atomic E-state index is 0.0284. The first-order chi connectivity index (χ1) is 9.67. The average Bonchev–Trinajstić information content (AvgIpc) is 2.44. The molecule has 1 aromatic carbocycles. The molecular weight excluding hydrogens is 274 g/mol. The first-order valence-corrected chi connectivity index (χ1v) is 7.79. The van der Waals surface area contributed by atoms with Gasteiger partial charge in [0.25, 0.3) is 0 Å². The normalized spacial score (nSPS) is 25.6. The summed E-state index contributed by atoms with van der Waals surface area (Å²) in [5.41, 5.74) is 2.41. The van der Waals surface area contributed by atoms with E-state index in [9.17, 15) is 0 Å². The van der Waals surface area contributed by atoms with Crippen molar-refractivity contribution in [1.82, 2.24) is 0 Å². The van der Waals surface area contributed by atoms with Gasteiger partial charge in [0.15, 0.2) is 0 Å². The van der Waals surface area contributed by atoms with E-state index in [4.69, 9.17) is 21.1 Å². The summed E-state index contributed by atoms with van der Waals surface area (Å²) >= 11 is 6.10. The van der Waals surface area contributed by atoms with Gasteiger partial charge in [-0.1, -0.05) is 17.7 Å². The van der Waals surface area contributed by atoms with E-state index < -0.39 is 0 Å². The molecule has 3 nitrogen and oxygen atoms in total. The lowest BCUT2D eigenvalue weighted by atomic mass is 9.84. The first-order valence-electron chi connectivity index (χ1n) is 7.41. The van der Waals surface area contributed by atoms with Crippen molar-refractivity contribution in [2.24, 2.45) is 0 Å². The Morgan fingerprint density at radius 2 is 2.05 bits per heavy atom. The van der Waals surface area contributed by atoms with Crippen molar-refractivity contribution in [3.8, 4) is 0 Å². The minimum atomic E-state index is 0.0284. The van der Waals surface area contributed by atoms with E-state index in [0.29, 0.717) is 6.04 Å². The van der Waals surface area contributed by atoms with Crippen molar-refractivity contribution in [3.05, 3.63) is 28.8 Å². The largest absolute Gasteiger partial charge is 0.382 e. The van der Waals surface area contributed by atoms with Crippen molar-refractivity contribution in [1.29, 1.82) is 0 Å². The second kappa shape index (κ2) is 5.92. The molecule has 3 rings (SSSR count). The van der Waals surface area contributed by atoms with Crippen LogP contribution in [0.3, 0.4) is 0 Å². The van der Waals surface area contributed by atoms with Gasteiger partial charge < -0.3 is 14.8 Å². The highest BCUT2D eigenvalue weighted by molar-refractivity contribution is 6.30. The zero-order chi connectivity index (χ0) is 14.0. The number of aryl methyl sites for hydroxylation is 1. The summed E-state index contributed by atoms with van der Waals surface area (Å²) in [6.07, 6.45) is 4.14. The molecule has 0 saturated carbocycles. The molecule has 2 fully saturated rings. The molecule has 0 radical (unpaired) electrons. The maximum atomic E-state index is 6.10. The number of rotatable bonds is 2. The lowest BCUT2D eigenvalue weighted by Crippen LogP contribution is -2.47. The van der Waals surface area contributed by atoms with Crippen LogP contribution in [0.1, 0.15) is 31.2 Å². The van der Waals surface area contributed by atoms with Gasteiger partial charge in [0.1, 0.15) is 0 Å².